The van der Waals surface area contributed by atoms with Gasteiger partial charge in [0.1, 0.15) is 0 Å². The van der Waals surface area contributed by atoms with Crippen molar-refractivity contribution in [3.05, 3.63) is 51.7 Å². The normalized spacial score (nSPS) is 15.3. The Balaban J connectivity index is 1.55. The number of Topliss-reactive ketones (excluding diaryl/α,β-unsaturated/α-hetero) is 1. The SMILES string of the molecule is CC(=O)c1ccc(C(=O)NC2CCN(c3cccc(C)c3)CC2)s1. The van der Waals surface area contributed by atoms with Gasteiger partial charge in [-0.05, 0) is 56.5 Å². The molecule has 1 N–H and O–H groups in total. The fourth-order valence-electron chi connectivity index (χ4n) is 3.01. The second-order valence-electron chi connectivity index (χ2n) is 6.29. The molecule has 1 amide bonds. The van der Waals surface area contributed by atoms with E-state index in [0.717, 1.165) is 25.9 Å². The molecule has 2 aromatic rings. The van der Waals surface area contributed by atoms with E-state index < -0.39 is 0 Å². The summed E-state index contributed by atoms with van der Waals surface area (Å²) in [7, 11) is 0. The summed E-state index contributed by atoms with van der Waals surface area (Å²) >= 11 is 1.26. The van der Waals surface area contributed by atoms with E-state index >= 15 is 0 Å². The second-order valence-corrected chi connectivity index (χ2v) is 7.38. The predicted octanol–water partition coefficient (Wildman–Crippen LogP) is 3.66. The molecular weight excluding hydrogens is 320 g/mol. The van der Waals surface area contributed by atoms with E-state index in [2.05, 4.69) is 41.4 Å². The summed E-state index contributed by atoms with van der Waals surface area (Å²) < 4.78 is 0. The largest absolute Gasteiger partial charge is 0.371 e. The molecule has 5 heteroatoms. The molecule has 4 nitrogen and oxygen atoms in total. The number of nitrogens with one attached hydrogen (secondary N) is 1. The number of rotatable bonds is 4. The highest BCUT2D eigenvalue weighted by molar-refractivity contribution is 7.15. The first-order valence-corrected chi connectivity index (χ1v) is 9.08. The smallest absolute Gasteiger partial charge is 0.261 e. The minimum Gasteiger partial charge on any atom is -0.371 e. The molecular formula is C19H22N2O2S. The fraction of sp³-hybridized carbons (Fsp3) is 0.368. The zero-order valence-electron chi connectivity index (χ0n) is 14.0. The van der Waals surface area contributed by atoms with E-state index in [9.17, 15) is 9.59 Å². The first kappa shape index (κ1) is 16.7. The molecule has 1 aromatic heterocycles. The van der Waals surface area contributed by atoms with Crippen LogP contribution in [0.1, 0.15) is 44.7 Å². The van der Waals surface area contributed by atoms with Gasteiger partial charge in [-0.3, -0.25) is 9.59 Å². The maximum absolute atomic E-state index is 12.3. The van der Waals surface area contributed by atoms with Crippen molar-refractivity contribution in [1.82, 2.24) is 5.32 Å². The summed E-state index contributed by atoms with van der Waals surface area (Å²) in [5.74, 6) is -0.0629. The third-order valence-corrected chi connectivity index (χ3v) is 5.56. The monoisotopic (exact) mass is 342 g/mol. The van der Waals surface area contributed by atoms with Crippen LogP contribution in [0.25, 0.3) is 0 Å². The molecule has 24 heavy (non-hydrogen) atoms. The minimum absolute atomic E-state index is 0.00510. The number of aryl methyl sites for hydroxylation is 1. The van der Waals surface area contributed by atoms with Crippen molar-refractivity contribution in [2.45, 2.75) is 32.7 Å². The molecule has 0 spiro atoms. The van der Waals surface area contributed by atoms with Gasteiger partial charge >= 0.3 is 0 Å². The summed E-state index contributed by atoms with van der Waals surface area (Å²) in [4.78, 5) is 27.3. The number of carbonyl (C=O) groups excluding carboxylic acids is 2. The Labute approximate surface area is 146 Å². The first-order chi connectivity index (χ1) is 11.5. The highest BCUT2D eigenvalue weighted by Crippen LogP contribution is 2.22. The summed E-state index contributed by atoms with van der Waals surface area (Å²) in [5.41, 5.74) is 2.52. The summed E-state index contributed by atoms with van der Waals surface area (Å²) in [5, 5.41) is 3.10. The third kappa shape index (κ3) is 3.85. The summed E-state index contributed by atoms with van der Waals surface area (Å²) in [6.07, 6.45) is 1.87. The van der Waals surface area contributed by atoms with Crippen LogP contribution in [0.3, 0.4) is 0 Å². The number of carbonyl (C=O) groups is 2. The number of hydrogen-bond acceptors (Lipinski definition) is 4. The van der Waals surface area contributed by atoms with Crippen LogP contribution in [0.5, 0.6) is 0 Å². The van der Waals surface area contributed by atoms with Gasteiger partial charge in [-0.25, -0.2) is 0 Å². The van der Waals surface area contributed by atoms with Crippen LogP contribution < -0.4 is 10.2 Å². The lowest BCUT2D eigenvalue weighted by atomic mass is 10.0. The Kier molecular flexibility index (Phi) is 5.00. The van der Waals surface area contributed by atoms with Crippen molar-refractivity contribution in [3.63, 3.8) is 0 Å². The van der Waals surface area contributed by atoms with Crippen LogP contribution in [0.2, 0.25) is 0 Å². The van der Waals surface area contributed by atoms with Gasteiger partial charge in [0.05, 0.1) is 9.75 Å². The number of anilines is 1. The van der Waals surface area contributed by atoms with E-state index in [-0.39, 0.29) is 17.7 Å². The van der Waals surface area contributed by atoms with Crippen LogP contribution in [0.15, 0.2) is 36.4 Å². The number of nitrogens with zero attached hydrogens (tertiary/aromatic N) is 1. The maximum Gasteiger partial charge on any atom is 0.261 e. The van der Waals surface area contributed by atoms with Gasteiger partial charge < -0.3 is 10.2 Å². The number of amides is 1. The predicted molar refractivity (Wildman–Crippen MR) is 98.2 cm³/mol. The van der Waals surface area contributed by atoms with Gasteiger partial charge in [-0.1, -0.05) is 12.1 Å². The number of benzene rings is 1. The number of piperidine rings is 1. The van der Waals surface area contributed by atoms with E-state index in [0.29, 0.717) is 9.75 Å². The number of thiophene rings is 1. The quantitative estimate of drug-likeness (QED) is 0.863. The van der Waals surface area contributed by atoms with Crippen molar-refractivity contribution < 1.29 is 9.59 Å². The van der Waals surface area contributed by atoms with Crippen molar-refractivity contribution in [2.75, 3.05) is 18.0 Å². The molecule has 0 atom stereocenters. The molecule has 2 heterocycles. The molecule has 1 aliphatic heterocycles. The average molecular weight is 342 g/mol. The lowest BCUT2D eigenvalue weighted by molar-refractivity contribution is 0.0934. The highest BCUT2D eigenvalue weighted by atomic mass is 32.1. The van der Waals surface area contributed by atoms with Crippen LogP contribution in [-0.4, -0.2) is 30.8 Å². The zero-order valence-corrected chi connectivity index (χ0v) is 14.9. The molecule has 1 aliphatic rings. The molecule has 0 bridgehead atoms. The molecule has 1 saturated heterocycles. The molecule has 3 rings (SSSR count). The van der Waals surface area contributed by atoms with Crippen molar-refractivity contribution in [1.29, 1.82) is 0 Å². The van der Waals surface area contributed by atoms with E-state index in [1.807, 2.05) is 0 Å². The molecule has 1 fully saturated rings. The number of ketones is 1. The van der Waals surface area contributed by atoms with Gasteiger partial charge in [0, 0.05) is 24.8 Å². The van der Waals surface area contributed by atoms with Crippen LogP contribution in [-0.2, 0) is 0 Å². The average Bonchev–Trinajstić information content (AvgIpc) is 3.06. The molecule has 0 saturated carbocycles. The maximum atomic E-state index is 12.3. The highest BCUT2D eigenvalue weighted by Gasteiger charge is 2.22. The van der Waals surface area contributed by atoms with E-state index in [1.165, 1.54) is 29.5 Å². The second kappa shape index (κ2) is 7.18. The fourth-order valence-corrected chi connectivity index (χ4v) is 3.82. The van der Waals surface area contributed by atoms with Crippen LogP contribution >= 0.6 is 11.3 Å². The molecule has 126 valence electrons. The van der Waals surface area contributed by atoms with Gasteiger partial charge in [0.25, 0.3) is 5.91 Å². The minimum atomic E-state index is -0.0681. The van der Waals surface area contributed by atoms with Crippen LogP contribution in [0.4, 0.5) is 5.69 Å². The van der Waals surface area contributed by atoms with Gasteiger partial charge in [-0.15, -0.1) is 11.3 Å². The molecule has 0 unspecified atom stereocenters. The Hall–Kier alpha value is -2.14. The number of hydrogen-bond donors (Lipinski definition) is 1. The summed E-state index contributed by atoms with van der Waals surface area (Å²) in [6.45, 7) is 5.51. The van der Waals surface area contributed by atoms with Crippen molar-refractivity contribution in [3.8, 4) is 0 Å². The Morgan fingerprint density at radius 2 is 1.83 bits per heavy atom. The Bertz CT molecular complexity index is 745. The first-order valence-electron chi connectivity index (χ1n) is 8.26. The van der Waals surface area contributed by atoms with Crippen LogP contribution in [0, 0.1) is 6.92 Å². The molecule has 0 aliphatic carbocycles. The topological polar surface area (TPSA) is 49.4 Å². The lowest BCUT2D eigenvalue weighted by Crippen LogP contribution is -2.44. The van der Waals surface area contributed by atoms with E-state index in [1.54, 1.807) is 12.1 Å². The van der Waals surface area contributed by atoms with Crippen molar-refractivity contribution in [2.24, 2.45) is 0 Å². The van der Waals surface area contributed by atoms with Gasteiger partial charge in [-0.2, -0.15) is 0 Å². The Morgan fingerprint density at radius 1 is 1.12 bits per heavy atom. The van der Waals surface area contributed by atoms with Crippen molar-refractivity contribution >= 4 is 28.7 Å². The molecule has 0 radical (unpaired) electrons. The Morgan fingerprint density at radius 3 is 2.46 bits per heavy atom. The summed E-state index contributed by atoms with van der Waals surface area (Å²) in [6, 6.07) is 12.2. The molecule has 1 aromatic carbocycles. The van der Waals surface area contributed by atoms with Gasteiger partial charge in [0.2, 0.25) is 0 Å². The lowest BCUT2D eigenvalue weighted by Gasteiger charge is -2.34. The third-order valence-electron chi connectivity index (χ3n) is 4.37. The standard InChI is InChI=1S/C19H22N2O2S/c1-13-4-3-5-16(12-13)21-10-8-15(9-11-21)20-19(23)18-7-6-17(24-18)14(2)22/h3-7,12,15H,8-11H2,1-2H3,(H,20,23). The zero-order chi connectivity index (χ0) is 17.1. The van der Waals surface area contributed by atoms with E-state index in [4.69, 9.17) is 0 Å². The van der Waals surface area contributed by atoms with Gasteiger partial charge in [0.15, 0.2) is 5.78 Å².